The fourth-order valence-electron chi connectivity index (χ4n) is 4.43. The van der Waals surface area contributed by atoms with Gasteiger partial charge in [0.05, 0.1) is 6.20 Å². The molecule has 0 fully saturated rings. The zero-order chi connectivity index (χ0) is 24.6. The lowest BCUT2D eigenvalue weighted by molar-refractivity contribution is 0.412. The molecule has 5 rings (SSSR count). The predicted molar refractivity (Wildman–Crippen MR) is 143 cm³/mol. The average molecular weight is 510 g/mol. The number of nitrogens with two attached hydrogens (primary N) is 1. The van der Waals surface area contributed by atoms with Gasteiger partial charge in [0, 0.05) is 57.9 Å². The van der Waals surface area contributed by atoms with Crippen molar-refractivity contribution in [2.24, 2.45) is 16.6 Å². The van der Waals surface area contributed by atoms with Crippen molar-refractivity contribution < 1.29 is 0 Å². The van der Waals surface area contributed by atoms with Crippen LogP contribution < -0.4 is 21.7 Å². The first-order chi connectivity index (χ1) is 16.8. The Kier molecular flexibility index (Phi) is 6.59. The van der Waals surface area contributed by atoms with E-state index in [1.807, 2.05) is 23.3 Å². The first-order valence-corrected chi connectivity index (χ1v) is 12.5. The van der Waals surface area contributed by atoms with E-state index in [9.17, 15) is 0 Å². The van der Waals surface area contributed by atoms with E-state index >= 15 is 0 Å². The van der Waals surface area contributed by atoms with Gasteiger partial charge in [-0.1, -0.05) is 43.1 Å². The summed E-state index contributed by atoms with van der Waals surface area (Å²) in [6.45, 7) is 7.02. The molecule has 3 heterocycles. The van der Waals surface area contributed by atoms with Crippen molar-refractivity contribution in [3.8, 4) is 0 Å². The lowest BCUT2D eigenvalue weighted by Gasteiger charge is -2.32. The first-order valence-electron chi connectivity index (χ1n) is 11.7. The second-order valence-electron chi connectivity index (χ2n) is 9.47. The Labute approximate surface area is 215 Å². The number of amidine groups is 1. The minimum atomic E-state index is -1.25. The SMILES string of the molecule is CC(C)Cn1cc(C2=CNC(N)(c3cc(Cl)cc(Cl)c3)N=C2Nc2ccc3c(c2)CNCC3)cn1. The third-order valence-electron chi connectivity index (χ3n) is 6.13. The lowest BCUT2D eigenvalue weighted by atomic mass is 10.00. The standard InChI is InChI=1S/C26H29Cl2N7/c1-16(2)14-35-15-19(12-32-35)24-13-31-26(29,20-8-21(27)10-22(28)9-20)34-25(24)33-23-4-3-17-5-6-30-11-18(17)7-23/h3-4,7-10,12-13,15-16,30-31H,5-6,11,14,29H2,1-2H3,(H,33,34). The van der Waals surface area contributed by atoms with Crippen LogP contribution in [0.4, 0.5) is 5.69 Å². The van der Waals surface area contributed by atoms with Gasteiger partial charge in [-0.25, -0.2) is 4.99 Å². The van der Waals surface area contributed by atoms with Gasteiger partial charge in [-0.15, -0.1) is 0 Å². The van der Waals surface area contributed by atoms with Crippen molar-refractivity contribution in [3.63, 3.8) is 0 Å². The van der Waals surface area contributed by atoms with Crippen molar-refractivity contribution in [2.75, 3.05) is 11.9 Å². The monoisotopic (exact) mass is 509 g/mol. The maximum absolute atomic E-state index is 6.75. The number of rotatable bonds is 5. The molecule has 7 nitrogen and oxygen atoms in total. The lowest BCUT2D eigenvalue weighted by Crippen LogP contribution is -2.50. The van der Waals surface area contributed by atoms with Gasteiger partial charge < -0.3 is 16.0 Å². The zero-order valence-electron chi connectivity index (χ0n) is 19.8. The largest absolute Gasteiger partial charge is 0.351 e. The summed E-state index contributed by atoms with van der Waals surface area (Å²) in [4.78, 5) is 4.94. The number of fused-ring (bicyclic) bond motifs is 1. The molecule has 0 aliphatic carbocycles. The molecule has 2 aliphatic heterocycles. The number of hydrogen-bond donors (Lipinski definition) is 4. The van der Waals surface area contributed by atoms with Crippen molar-refractivity contribution in [1.29, 1.82) is 0 Å². The third kappa shape index (κ3) is 5.23. The van der Waals surface area contributed by atoms with Gasteiger partial charge in [0.15, 0.2) is 0 Å². The molecular formula is C26H29Cl2N7. The molecule has 5 N–H and O–H groups in total. The van der Waals surface area contributed by atoms with Gasteiger partial charge in [-0.2, -0.15) is 5.10 Å². The summed E-state index contributed by atoms with van der Waals surface area (Å²) in [5.41, 5.74) is 12.8. The van der Waals surface area contributed by atoms with E-state index in [0.29, 0.717) is 27.4 Å². The normalized spacial score (nSPS) is 19.6. The highest BCUT2D eigenvalue weighted by Gasteiger charge is 2.32. The van der Waals surface area contributed by atoms with Crippen LogP contribution in [0.1, 0.15) is 36.1 Å². The molecule has 0 radical (unpaired) electrons. The number of anilines is 1. The summed E-state index contributed by atoms with van der Waals surface area (Å²) >= 11 is 12.5. The summed E-state index contributed by atoms with van der Waals surface area (Å²) in [5.74, 6) is -0.125. The predicted octanol–water partition coefficient (Wildman–Crippen LogP) is 4.72. The number of hydrogen-bond acceptors (Lipinski definition) is 6. The number of nitrogens with one attached hydrogen (secondary N) is 3. The van der Waals surface area contributed by atoms with Crippen LogP contribution in [-0.2, 0) is 25.3 Å². The van der Waals surface area contributed by atoms with Gasteiger partial charge in [-0.05, 0) is 60.3 Å². The molecule has 0 bridgehead atoms. The van der Waals surface area contributed by atoms with Crippen LogP contribution in [0, 0.1) is 5.92 Å². The molecule has 1 atom stereocenters. The van der Waals surface area contributed by atoms with Gasteiger partial charge in [0.1, 0.15) is 5.84 Å². The second-order valence-corrected chi connectivity index (χ2v) is 10.3. The topological polar surface area (TPSA) is 92.3 Å². The van der Waals surface area contributed by atoms with E-state index in [4.69, 9.17) is 33.9 Å². The molecule has 1 unspecified atom stereocenters. The van der Waals surface area contributed by atoms with Crippen LogP contribution in [0.25, 0.3) is 5.57 Å². The zero-order valence-corrected chi connectivity index (χ0v) is 21.3. The maximum Gasteiger partial charge on any atom is 0.211 e. The molecule has 0 amide bonds. The van der Waals surface area contributed by atoms with E-state index in [0.717, 1.165) is 42.9 Å². The van der Waals surface area contributed by atoms with E-state index < -0.39 is 5.79 Å². The molecule has 2 aliphatic rings. The molecule has 0 saturated carbocycles. The second kappa shape index (κ2) is 9.66. The van der Waals surface area contributed by atoms with E-state index in [1.54, 1.807) is 18.2 Å². The highest BCUT2D eigenvalue weighted by Crippen LogP contribution is 2.31. The molecule has 182 valence electrons. The van der Waals surface area contributed by atoms with Crippen LogP contribution in [0.5, 0.6) is 0 Å². The summed E-state index contributed by atoms with van der Waals surface area (Å²) in [5, 5.41) is 15.7. The Morgan fingerprint density at radius 1 is 1.14 bits per heavy atom. The quantitative estimate of drug-likeness (QED) is 0.399. The molecule has 0 spiro atoms. The van der Waals surface area contributed by atoms with Crippen LogP contribution in [0.15, 0.2) is 60.0 Å². The van der Waals surface area contributed by atoms with Crippen LogP contribution in [-0.4, -0.2) is 22.2 Å². The van der Waals surface area contributed by atoms with Crippen molar-refractivity contribution in [1.82, 2.24) is 20.4 Å². The Morgan fingerprint density at radius 2 is 1.94 bits per heavy atom. The van der Waals surface area contributed by atoms with Gasteiger partial charge in [0.2, 0.25) is 5.79 Å². The molecule has 0 saturated heterocycles. The molecule has 3 aromatic rings. The highest BCUT2D eigenvalue weighted by molar-refractivity contribution is 6.34. The van der Waals surface area contributed by atoms with Crippen LogP contribution in [0.2, 0.25) is 10.0 Å². The van der Waals surface area contributed by atoms with Gasteiger partial charge >= 0.3 is 0 Å². The summed E-state index contributed by atoms with van der Waals surface area (Å²) in [6.07, 6.45) is 6.79. The van der Waals surface area contributed by atoms with Crippen molar-refractivity contribution in [2.45, 2.75) is 39.1 Å². The molecule has 2 aromatic carbocycles. The Balaban J connectivity index is 1.53. The first kappa shape index (κ1) is 23.9. The molecule has 9 heteroatoms. The Hall–Kier alpha value is -2.84. The number of aliphatic imine (C=N–C) groups is 1. The fraction of sp³-hybridized carbons (Fsp3) is 0.308. The van der Waals surface area contributed by atoms with Crippen molar-refractivity contribution >= 4 is 40.3 Å². The van der Waals surface area contributed by atoms with Gasteiger partial charge in [0.25, 0.3) is 0 Å². The fourth-order valence-corrected chi connectivity index (χ4v) is 4.95. The molecule has 35 heavy (non-hydrogen) atoms. The van der Waals surface area contributed by atoms with Crippen molar-refractivity contribution in [3.05, 3.63) is 87.3 Å². The van der Waals surface area contributed by atoms with E-state index in [2.05, 4.69) is 53.1 Å². The van der Waals surface area contributed by atoms with E-state index in [1.165, 1.54) is 11.1 Å². The summed E-state index contributed by atoms with van der Waals surface area (Å²) in [7, 11) is 0. The molecular weight excluding hydrogens is 481 g/mol. The minimum absolute atomic E-state index is 0.487. The third-order valence-corrected chi connectivity index (χ3v) is 6.57. The summed E-state index contributed by atoms with van der Waals surface area (Å²) in [6, 6.07) is 11.6. The number of benzene rings is 2. The molecule has 1 aromatic heterocycles. The average Bonchev–Trinajstić information content (AvgIpc) is 3.26. The van der Waals surface area contributed by atoms with Crippen LogP contribution in [0.3, 0.4) is 0 Å². The summed E-state index contributed by atoms with van der Waals surface area (Å²) < 4.78 is 1.95. The van der Waals surface area contributed by atoms with E-state index in [-0.39, 0.29) is 0 Å². The maximum atomic E-state index is 6.75. The number of halogens is 2. The Morgan fingerprint density at radius 3 is 2.71 bits per heavy atom. The Bertz CT molecular complexity index is 1290. The minimum Gasteiger partial charge on any atom is -0.351 e. The number of nitrogens with zero attached hydrogens (tertiary/aromatic N) is 3. The van der Waals surface area contributed by atoms with Gasteiger partial charge in [-0.3, -0.25) is 10.4 Å². The highest BCUT2D eigenvalue weighted by atomic mass is 35.5. The smallest absolute Gasteiger partial charge is 0.211 e. The van der Waals surface area contributed by atoms with Crippen LogP contribution >= 0.6 is 23.2 Å². The number of aromatic nitrogens is 2.